The molecule has 118 valence electrons. The Morgan fingerprint density at radius 3 is 2.83 bits per heavy atom. The molecule has 3 aromatic rings. The van der Waals surface area contributed by atoms with E-state index in [0.29, 0.717) is 13.2 Å². The van der Waals surface area contributed by atoms with E-state index in [9.17, 15) is 4.79 Å². The first kappa shape index (κ1) is 14.1. The summed E-state index contributed by atoms with van der Waals surface area (Å²) in [5, 5.41) is 8.79. The van der Waals surface area contributed by atoms with Crippen molar-refractivity contribution in [1.82, 2.24) is 15.6 Å². The summed E-state index contributed by atoms with van der Waals surface area (Å²) in [5.41, 5.74) is 3.20. The Morgan fingerprint density at radius 1 is 1.17 bits per heavy atom. The summed E-state index contributed by atoms with van der Waals surface area (Å²) >= 11 is 0. The lowest BCUT2D eigenvalue weighted by Crippen LogP contribution is -2.48. The van der Waals surface area contributed by atoms with Crippen LogP contribution in [0, 0.1) is 0 Å². The van der Waals surface area contributed by atoms with Crippen LogP contribution >= 0.6 is 0 Å². The van der Waals surface area contributed by atoms with E-state index in [1.54, 1.807) is 0 Å². The van der Waals surface area contributed by atoms with Crippen molar-refractivity contribution in [2.45, 2.75) is 19.0 Å². The van der Waals surface area contributed by atoms with Crippen LogP contribution in [0.25, 0.3) is 21.8 Å². The van der Waals surface area contributed by atoms with Crippen molar-refractivity contribution >= 4 is 27.9 Å². The van der Waals surface area contributed by atoms with Crippen molar-refractivity contribution in [2.75, 3.05) is 13.2 Å². The molecule has 1 unspecified atom stereocenters. The highest BCUT2D eigenvalue weighted by molar-refractivity contribution is 6.08. The second kappa shape index (κ2) is 5.28. The van der Waals surface area contributed by atoms with Crippen LogP contribution in [-0.2, 0) is 11.3 Å². The van der Waals surface area contributed by atoms with Crippen LogP contribution in [0.3, 0.4) is 0 Å². The fourth-order valence-electron chi connectivity index (χ4n) is 3.24. The average Bonchev–Trinajstić information content (AvgIpc) is 3.08. The molecule has 3 N–H and O–H groups in total. The number of fused-ring (bicyclic) bond motifs is 3. The van der Waals surface area contributed by atoms with Gasteiger partial charge >= 0.3 is 6.09 Å². The zero-order valence-corrected chi connectivity index (χ0v) is 13.0. The predicted molar refractivity (Wildman–Crippen MR) is 90.4 cm³/mol. The van der Waals surface area contributed by atoms with E-state index in [-0.39, 0.29) is 11.6 Å². The van der Waals surface area contributed by atoms with Gasteiger partial charge in [-0.2, -0.15) is 0 Å². The number of hydrogen-bond acceptors (Lipinski definition) is 3. The van der Waals surface area contributed by atoms with Crippen LogP contribution in [0.1, 0.15) is 12.5 Å². The van der Waals surface area contributed by atoms with Gasteiger partial charge in [0.2, 0.25) is 0 Å². The summed E-state index contributed by atoms with van der Waals surface area (Å²) < 4.78 is 4.99. The van der Waals surface area contributed by atoms with Gasteiger partial charge in [0, 0.05) is 34.9 Å². The Balaban J connectivity index is 1.58. The largest absolute Gasteiger partial charge is 0.447 e. The molecule has 2 heterocycles. The standard InChI is InChI=1S/C18H19N3O2/c1-18(11-23-17(22)21-18)10-19-9-12-5-4-8-15-16(12)13-6-2-3-7-14(13)20-15/h2-8,19-20H,9-11H2,1H3,(H,21,22). The van der Waals surface area contributed by atoms with Crippen molar-refractivity contribution in [3.8, 4) is 0 Å². The molecule has 1 saturated heterocycles. The van der Waals surface area contributed by atoms with Crippen LogP contribution in [0.5, 0.6) is 0 Å². The molecular weight excluding hydrogens is 290 g/mol. The summed E-state index contributed by atoms with van der Waals surface area (Å²) in [6, 6.07) is 14.7. The molecular formula is C18H19N3O2. The number of carbonyl (C=O) groups excluding carboxylic acids is 1. The van der Waals surface area contributed by atoms with Gasteiger partial charge in [-0.25, -0.2) is 4.79 Å². The Labute approximate surface area is 134 Å². The number of H-pyrrole nitrogens is 1. The maximum absolute atomic E-state index is 11.2. The monoisotopic (exact) mass is 309 g/mol. The van der Waals surface area contributed by atoms with Gasteiger partial charge in [-0.05, 0) is 24.6 Å². The molecule has 1 atom stereocenters. The molecule has 0 saturated carbocycles. The normalized spacial score (nSPS) is 20.8. The molecule has 2 aromatic carbocycles. The SMILES string of the molecule is CC1(CNCc2cccc3[nH]c4ccccc4c23)COC(=O)N1. The van der Waals surface area contributed by atoms with Gasteiger partial charge in [-0.3, -0.25) is 0 Å². The number of rotatable bonds is 4. The zero-order chi connectivity index (χ0) is 15.9. The molecule has 1 aliphatic heterocycles. The molecule has 0 spiro atoms. The minimum Gasteiger partial charge on any atom is -0.447 e. The van der Waals surface area contributed by atoms with E-state index in [1.807, 2.05) is 13.0 Å². The molecule has 0 radical (unpaired) electrons. The van der Waals surface area contributed by atoms with E-state index in [2.05, 4.69) is 52.0 Å². The minimum absolute atomic E-state index is 0.340. The van der Waals surface area contributed by atoms with Crippen LogP contribution in [0.2, 0.25) is 0 Å². The molecule has 0 aliphatic carbocycles. The lowest BCUT2D eigenvalue weighted by molar-refractivity contribution is 0.173. The molecule has 4 rings (SSSR count). The lowest BCUT2D eigenvalue weighted by Gasteiger charge is -2.21. The Kier molecular flexibility index (Phi) is 3.23. The van der Waals surface area contributed by atoms with Crippen molar-refractivity contribution < 1.29 is 9.53 Å². The maximum atomic E-state index is 11.2. The molecule has 0 bridgehead atoms. The van der Waals surface area contributed by atoms with Crippen molar-refractivity contribution in [3.05, 3.63) is 48.0 Å². The van der Waals surface area contributed by atoms with E-state index in [0.717, 1.165) is 17.6 Å². The van der Waals surface area contributed by atoms with Crippen molar-refractivity contribution in [1.29, 1.82) is 0 Å². The first-order valence-electron chi connectivity index (χ1n) is 7.79. The van der Waals surface area contributed by atoms with Gasteiger partial charge in [0.25, 0.3) is 0 Å². The molecule has 1 fully saturated rings. The Morgan fingerprint density at radius 2 is 2.00 bits per heavy atom. The summed E-state index contributed by atoms with van der Waals surface area (Å²) in [4.78, 5) is 14.7. The smallest absolute Gasteiger partial charge is 0.407 e. The fourth-order valence-corrected chi connectivity index (χ4v) is 3.24. The van der Waals surface area contributed by atoms with Crippen LogP contribution < -0.4 is 10.6 Å². The highest BCUT2D eigenvalue weighted by Crippen LogP contribution is 2.28. The molecule has 1 amide bonds. The summed E-state index contributed by atoms with van der Waals surface area (Å²) in [6.07, 6.45) is -0.340. The molecule has 23 heavy (non-hydrogen) atoms. The third kappa shape index (κ3) is 2.53. The Bertz CT molecular complexity index is 886. The van der Waals surface area contributed by atoms with Gasteiger partial charge in [-0.15, -0.1) is 0 Å². The second-order valence-electron chi connectivity index (χ2n) is 6.38. The molecule has 1 aromatic heterocycles. The number of alkyl carbamates (subject to hydrolysis) is 1. The van der Waals surface area contributed by atoms with Gasteiger partial charge in [0.05, 0.1) is 5.54 Å². The minimum atomic E-state index is -0.342. The fraction of sp³-hybridized carbons (Fsp3) is 0.278. The molecule has 5 nitrogen and oxygen atoms in total. The highest BCUT2D eigenvalue weighted by atomic mass is 16.6. The van der Waals surface area contributed by atoms with E-state index in [4.69, 9.17) is 4.74 Å². The molecule has 1 aliphatic rings. The summed E-state index contributed by atoms with van der Waals surface area (Å²) in [7, 11) is 0. The third-order valence-corrected chi connectivity index (χ3v) is 4.37. The number of amides is 1. The Hall–Kier alpha value is -2.53. The average molecular weight is 309 g/mol. The van der Waals surface area contributed by atoms with Gasteiger partial charge < -0.3 is 20.4 Å². The number of para-hydroxylation sites is 1. The first-order chi connectivity index (χ1) is 11.1. The number of cyclic esters (lactones) is 1. The van der Waals surface area contributed by atoms with Crippen LogP contribution in [0.15, 0.2) is 42.5 Å². The quantitative estimate of drug-likeness (QED) is 0.694. The van der Waals surface area contributed by atoms with Crippen molar-refractivity contribution in [3.63, 3.8) is 0 Å². The maximum Gasteiger partial charge on any atom is 0.407 e. The summed E-state index contributed by atoms with van der Waals surface area (Å²) in [6.45, 7) is 3.79. The predicted octanol–water partition coefficient (Wildman–Crippen LogP) is 2.91. The second-order valence-corrected chi connectivity index (χ2v) is 6.38. The number of aromatic nitrogens is 1. The number of ether oxygens (including phenoxy) is 1. The summed E-state index contributed by atoms with van der Waals surface area (Å²) in [5.74, 6) is 0. The van der Waals surface area contributed by atoms with E-state index in [1.165, 1.54) is 16.3 Å². The number of aromatic amines is 1. The third-order valence-electron chi connectivity index (χ3n) is 4.37. The zero-order valence-electron chi connectivity index (χ0n) is 13.0. The first-order valence-corrected chi connectivity index (χ1v) is 7.79. The van der Waals surface area contributed by atoms with Gasteiger partial charge in [0.1, 0.15) is 6.61 Å². The van der Waals surface area contributed by atoms with E-state index < -0.39 is 0 Å². The van der Waals surface area contributed by atoms with Gasteiger partial charge in [0.15, 0.2) is 0 Å². The topological polar surface area (TPSA) is 66.1 Å². The molecule has 5 heteroatoms. The van der Waals surface area contributed by atoms with Gasteiger partial charge in [-0.1, -0.05) is 30.3 Å². The number of nitrogens with one attached hydrogen (secondary N) is 3. The van der Waals surface area contributed by atoms with Crippen LogP contribution in [0.4, 0.5) is 4.79 Å². The highest BCUT2D eigenvalue weighted by Gasteiger charge is 2.34. The number of hydrogen-bond donors (Lipinski definition) is 3. The van der Waals surface area contributed by atoms with Crippen molar-refractivity contribution in [2.24, 2.45) is 0 Å². The lowest BCUT2D eigenvalue weighted by atomic mass is 10.0. The number of carbonyl (C=O) groups is 1. The number of benzene rings is 2. The van der Waals surface area contributed by atoms with E-state index >= 15 is 0 Å². The van der Waals surface area contributed by atoms with Crippen LogP contribution in [-0.4, -0.2) is 29.8 Å².